The third-order valence-electron chi connectivity index (χ3n) is 2.29. The van der Waals surface area contributed by atoms with Crippen molar-refractivity contribution in [1.82, 2.24) is 10.3 Å². The van der Waals surface area contributed by atoms with E-state index in [4.69, 9.17) is 4.74 Å². The summed E-state index contributed by atoms with van der Waals surface area (Å²) in [6.07, 6.45) is 1.41. The molecule has 1 aromatic carbocycles. The first kappa shape index (κ1) is 11.0. The van der Waals surface area contributed by atoms with Crippen LogP contribution < -0.4 is 4.74 Å². The van der Waals surface area contributed by atoms with E-state index in [0.29, 0.717) is 5.69 Å². The number of aromatic nitrogens is 2. The second kappa shape index (κ2) is 4.59. The number of rotatable bonds is 3. The molecule has 6 nitrogen and oxygen atoms in total. The van der Waals surface area contributed by atoms with Crippen LogP contribution in [0.3, 0.4) is 0 Å². The third-order valence-corrected chi connectivity index (χ3v) is 2.29. The van der Waals surface area contributed by atoms with Gasteiger partial charge in [0.1, 0.15) is 5.75 Å². The van der Waals surface area contributed by atoms with Crippen LogP contribution in [-0.4, -0.2) is 23.5 Å². The summed E-state index contributed by atoms with van der Waals surface area (Å²) in [7, 11) is 1.60. The largest absolute Gasteiger partial charge is 0.496 e. The minimum atomic E-state index is 0.115. The van der Waals surface area contributed by atoms with Crippen LogP contribution in [0.4, 0.5) is 5.82 Å². The number of ether oxygens (including phenoxy) is 1. The summed E-state index contributed by atoms with van der Waals surface area (Å²) < 4.78 is 9.69. The van der Waals surface area contributed by atoms with Gasteiger partial charge in [-0.25, -0.2) is 9.42 Å². The molecule has 0 bridgehead atoms. The molecule has 0 atom stereocenters. The van der Waals surface area contributed by atoms with Gasteiger partial charge in [-0.3, -0.25) is 0 Å². The minimum absolute atomic E-state index is 0.115. The molecule has 0 fully saturated rings. The molecule has 0 aliphatic carbocycles. The number of hydrogen-bond donors (Lipinski definition) is 0. The van der Waals surface area contributed by atoms with E-state index < -0.39 is 0 Å². The highest BCUT2D eigenvalue weighted by Gasteiger charge is 2.12. The van der Waals surface area contributed by atoms with Crippen molar-refractivity contribution < 1.29 is 14.2 Å². The molecular formula is C11H9N3O3. The van der Waals surface area contributed by atoms with Crippen molar-refractivity contribution in [2.45, 2.75) is 6.92 Å². The van der Waals surface area contributed by atoms with E-state index in [1.54, 1.807) is 19.2 Å². The molecule has 0 N–H and O–H groups in total. The van der Waals surface area contributed by atoms with Gasteiger partial charge in [0.05, 0.1) is 7.11 Å². The Morgan fingerprint density at radius 3 is 2.88 bits per heavy atom. The van der Waals surface area contributed by atoms with Gasteiger partial charge in [-0.15, -0.1) is 4.99 Å². The van der Waals surface area contributed by atoms with Crippen LogP contribution in [0.2, 0.25) is 0 Å². The van der Waals surface area contributed by atoms with Gasteiger partial charge in [-0.2, -0.15) is 0 Å². The third kappa shape index (κ3) is 2.07. The summed E-state index contributed by atoms with van der Waals surface area (Å²) in [4.78, 5) is 13.6. The standard InChI is InChI=1S/C11H9N3O3/c1-7-5-8(3-4-9(7)16-2)10-11(12-6-15)14-17-13-10/h3-5H,1-2H3. The molecule has 0 saturated heterocycles. The minimum Gasteiger partial charge on any atom is -0.496 e. The molecule has 0 saturated carbocycles. The molecular weight excluding hydrogens is 222 g/mol. The summed E-state index contributed by atoms with van der Waals surface area (Å²) in [6.45, 7) is 1.90. The fourth-order valence-corrected chi connectivity index (χ4v) is 1.51. The van der Waals surface area contributed by atoms with Crippen molar-refractivity contribution in [3.8, 4) is 17.0 Å². The van der Waals surface area contributed by atoms with Crippen molar-refractivity contribution in [3.63, 3.8) is 0 Å². The average Bonchev–Trinajstić information content (AvgIpc) is 2.78. The van der Waals surface area contributed by atoms with E-state index in [1.165, 1.54) is 6.08 Å². The Kier molecular flexibility index (Phi) is 2.98. The molecule has 0 radical (unpaired) electrons. The Morgan fingerprint density at radius 2 is 2.24 bits per heavy atom. The lowest BCUT2D eigenvalue weighted by Crippen LogP contribution is -1.88. The molecule has 0 aliphatic heterocycles. The average molecular weight is 231 g/mol. The van der Waals surface area contributed by atoms with E-state index in [1.807, 2.05) is 13.0 Å². The van der Waals surface area contributed by atoms with Gasteiger partial charge in [0.15, 0.2) is 5.69 Å². The SMILES string of the molecule is COc1ccc(-c2nonc2N=C=O)cc1C. The lowest BCUT2D eigenvalue weighted by Gasteiger charge is -2.05. The number of aryl methyl sites for hydroxylation is 1. The Bertz CT molecular complexity index is 585. The van der Waals surface area contributed by atoms with Crippen molar-refractivity contribution in [2.24, 2.45) is 4.99 Å². The predicted molar refractivity (Wildman–Crippen MR) is 58.8 cm³/mol. The Morgan fingerprint density at radius 1 is 1.41 bits per heavy atom. The van der Waals surface area contributed by atoms with Crippen LogP contribution in [-0.2, 0) is 4.79 Å². The van der Waals surface area contributed by atoms with Crippen LogP contribution >= 0.6 is 0 Å². The quantitative estimate of drug-likeness (QED) is 0.596. The first-order valence-corrected chi connectivity index (χ1v) is 4.81. The Hall–Kier alpha value is -2.46. The number of nitrogens with zero attached hydrogens (tertiary/aromatic N) is 3. The predicted octanol–water partition coefficient (Wildman–Crippen LogP) is 2.02. The van der Waals surface area contributed by atoms with Crippen LogP contribution in [0, 0.1) is 6.92 Å². The second-order valence-electron chi connectivity index (χ2n) is 3.32. The zero-order valence-corrected chi connectivity index (χ0v) is 9.30. The lowest BCUT2D eigenvalue weighted by molar-refractivity contribution is 0.309. The van der Waals surface area contributed by atoms with E-state index >= 15 is 0 Å². The highest BCUT2D eigenvalue weighted by Crippen LogP contribution is 2.29. The molecule has 1 aromatic heterocycles. The first-order valence-electron chi connectivity index (χ1n) is 4.81. The van der Waals surface area contributed by atoms with Crippen molar-refractivity contribution in [3.05, 3.63) is 23.8 Å². The number of methoxy groups -OCH3 is 1. The van der Waals surface area contributed by atoms with Crippen LogP contribution in [0.15, 0.2) is 27.8 Å². The van der Waals surface area contributed by atoms with Gasteiger partial charge in [0.25, 0.3) is 0 Å². The lowest BCUT2D eigenvalue weighted by atomic mass is 10.1. The second-order valence-corrected chi connectivity index (χ2v) is 3.32. The fourth-order valence-electron chi connectivity index (χ4n) is 1.51. The van der Waals surface area contributed by atoms with Crippen LogP contribution in [0.5, 0.6) is 5.75 Å². The molecule has 86 valence electrons. The van der Waals surface area contributed by atoms with Crippen LogP contribution in [0.1, 0.15) is 5.56 Å². The molecule has 2 aromatic rings. The van der Waals surface area contributed by atoms with Crippen molar-refractivity contribution >= 4 is 11.9 Å². The van der Waals surface area contributed by atoms with Crippen molar-refractivity contribution in [2.75, 3.05) is 7.11 Å². The Labute approximate surface area is 96.9 Å². The molecule has 1 heterocycles. The smallest absolute Gasteiger partial charge is 0.242 e. The molecule has 0 spiro atoms. The normalized spacial score (nSPS) is 9.76. The zero-order valence-electron chi connectivity index (χ0n) is 9.30. The van der Waals surface area contributed by atoms with Gasteiger partial charge in [0, 0.05) is 5.56 Å². The monoisotopic (exact) mass is 231 g/mol. The highest BCUT2D eigenvalue weighted by atomic mass is 16.6. The maximum absolute atomic E-state index is 10.2. The molecule has 0 aliphatic rings. The molecule has 0 amide bonds. The molecule has 6 heteroatoms. The number of carbonyl (C=O) groups excluding carboxylic acids is 1. The van der Waals surface area contributed by atoms with Gasteiger partial charge >= 0.3 is 0 Å². The molecule has 0 unspecified atom stereocenters. The topological polar surface area (TPSA) is 77.6 Å². The Balaban J connectivity index is 2.49. The summed E-state index contributed by atoms with van der Waals surface area (Å²) in [6, 6.07) is 5.44. The number of aliphatic imine (C=N–C) groups is 1. The van der Waals surface area contributed by atoms with E-state index in [-0.39, 0.29) is 5.82 Å². The van der Waals surface area contributed by atoms with Gasteiger partial charge in [0.2, 0.25) is 11.9 Å². The maximum Gasteiger partial charge on any atom is 0.242 e. The summed E-state index contributed by atoms with van der Waals surface area (Å²) in [5.74, 6) is 0.884. The van der Waals surface area contributed by atoms with Gasteiger partial charge in [-0.1, -0.05) is 0 Å². The summed E-state index contributed by atoms with van der Waals surface area (Å²) >= 11 is 0. The summed E-state index contributed by atoms with van der Waals surface area (Å²) in [5.41, 5.74) is 2.09. The molecule has 17 heavy (non-hydrogen) atoms. The maximum atomic E-state index is 10.2. The summed E-state index contributed by atoms with van der Waals surface area (Å²) in [5, 5.41) is 7.21. The van der Waals surface area contributed by atoms with E-state index in [0.717, 1.165) is 16.9 Å². The number of isocyanates is 1. The van der Waals surface area contributed by atoms with E-state index in [2.05, 4.69) is 19.9 Å². The molecule has 2 rings (SSSR count). The van der Waals surface area contributed by atoms with Gasteiger partial charge < -0.3 is 4.74 Å². The zero-order chi connectivity index (χ0) is 12.3. The van der Waals surface area contributed by atoms with Gasteiger partial charge in [-0.05, 0) is 41.0 Å². The van der Waals surface area contributed by atoms with E-state index in [9.17, 15) is 4.79 Å². The van der Waals surface area contributed by atoms with Crippen molar-refractivity contribution in [1.29, 1.82) is 0 Å². The highest BCUT2D eigenvalue weighted by molar-refractivity contribution is 5.71. The number of hydrogen-bond acceptors (Lipinski definition) is 6. The van der Waals surface area contributed by atoms with Crippen LogP contribution in [0.25, 0.3) is 11.3 Å². The first-order chi connectivity index (χ1) is 8.26. The number of benzene rings is 1. The fraction of sp³-hybridized carbons (Fsp3) is 0.182.